The lowest BCUT2D eigenvalue weighted by molar-refractivity contribution is -0.126. The van der Waals surface area contributed by atoms with Gasteiger partial charge in [-0.1, -0.05) is 64.5 Å². The number of nitrogens with one attached hydrogen (secondary N) is 1. The first-order valence-electron chi connectivity index (χ1n) is 10.4. The highest BCUT2D eigenvalue weighted by atomic mass is 79.9. The third-order valence-corrected chi connectivity index (χ3v) is 6.34. The first kappa shape index (κ1) is 20.4. The summed E-state index contributed by atoms with van der Waals surface area (Å²) >= 11 is 3.40. The summed E-state index contributed by atoms with van der Waals surface area (Å²) in [6.07, 6.45) is 1.88. The molecule has 32 heavy (non-hydrogen) atoms. The maximum atomic E-state index is 12.7. The summed E-state index contributed by atoms with van der Waals surface area (Å²) in [7, 11) is 0. The van der Waals surface area contributed by atoms with Crippen LogP contribution in [-0.2, 0) is 9.59 Å². The van der Waals surface area contributed by atoms with Gasteiger partial charge in [-0.15, -0.1) is 0 Å². The molecule has 4 aromatic rings. The molecule has 0 spiro atoms. The van der Waals surface area contributed by atoms with Crippen LogP contribution >= 0.6 is 15.9 Å². The lowest BCUT2D eigenvalue weighted by Gasteiger charge is -2.16. The molecule has 5 rings (SSSR count). The minimum absolute atomic E-state index is 0.0588. The molecule has 1 N–H and O–H groups in total. The molecular formula is C26H20BrN3O2. The van der Waals surface area contributed by atoms with E-state index in [2.05, 4.69) is 56.8 Å². The predicted molar refractivity (Wildman–Crippen MR) is 132 cm³/mol. The number of carbonyl (C=O) groups is 2. The van der Waals surface area contributed by atoms with E-state index in [4.69, 9.17) is 0 Å². The van der Waals surface area contributed by atoms with Crippen molar-refractivity contribution < 1.29 is 9.59 Å². The van der Waals surface area contributed by atoms with Crippen LogP contribution in [0.5, 0.6) is 0 Å². The Morgan fingerprint density at radius 3 is 2.25 bits per heavy atom. The molecule has 0 aromatic heterocycles. The van der Waals surface area contributed by atoms with Crippen LogP contribution in [0.25, 0.3) is 21.5 Å². The third kappa shape index (κ3) is 3.89. The highest BCUT2D eigenvalue weighted by Gasteiger charge is 2.35. The quantitative estimate of drug-likeness (QED) is 0.243. The minimum atomic E-state index is -0.437. The van der Waals surface area contributed by atoms with E-state index in [1.165, 1.54) is 0 Å². The molecule has 0 bridgehead atoms. The molecule has 1 aliphatic heterocycles. The van der Waals surface area contributed by atoms with Crippen LogP contribution in [0, 0.1) is 5.92 Å². The molecule has 158 valence electrons. The number of hydrogen-bond acceptors (Lipinski definition) is 3. The van der Waals surface area contributed by atoms with E-state index in [1.807, 2.05) is 48.5 Å². The molecule has 4 aromatic carbocycles. The number of hydrogen-bond donors (Lipinski definition) is 1. The number of fused-ring (bicyclic) bond motifs is 2. The first-order chi connectivity index (χ1) is 15.6. The number of anilines is 1. The van der Waals surface area contributed by atoms with Crippen molar-refractivity contribution in [1.29, 1.82) is 0 Å². The Balaban J connectivity index is 1.35. The van der Waals surface area contributed by atoms with E-state index in [0.29, 0.717) is 6.54 Å². The van der Waals surface area contributed by atoms with Crippen LogP contribution in [0.3, 0.4) is 0 Å². The fourth-order valence-electron chi connectivity index (χ4n) is 4.19. The summed E-state index contributed by atoms with van der Waals surface area (Å²) < 4.78 is 0.942. The highest BCUT2D eigenvalue weighted by Crippen LogP contribution is 2.28. The summed E-state index contributed by atoms with van der Waals surface area (Å²) in [5, 5.41) is 8.63. The second kappa shape index (κ2) is 8.55. The molecule has 1 aliphatic rings. The Kier molecular flexibility index (Phi) is 5.45. The number of benzene rings is 4. The minimum Gasteiger partial charge on any atom is -0.312 e. The maximum absolute atomic E-state index is 12.7. The second-order valence-corrected chi connectivity index (χ2v) is 8.76. The van der Waals surface area contributed by atoms with Crippen molar-refractivity contribution in [1.82, 2.24) is 5.43 Å². The number of halogens is 1. The number of amides is 2. The molecule has 1 fully saturated rings. The molecule has 6 heteroatoms. The number of hydrazone groups is 1. The van der Waals surface area contributed by atoms with Crippen molar-refractivity contribution in [2.75, 3.05) is 11.4 Å². The summed E-state index contributed by atoms with van der Waals surface area (Å²) in [5.74, 6) is -0.747. The number of carbonyl (C=O) groups excluding carboxylic acids is 2. The van der Waals surface area contributed by atoms with Gasteiger partial charge in [0.2, 0.25) is 11.8 Å². The Morgan fingerprint density at radius 2 is 1.59 bits per heavy atom. The molecule has 0 aliphatic carbocycles. The SMILES string of the molecule is O=C(N/N=C\c1c2ccccc2cc2ccccc12)[C@@H]1CC(=O)N(c2ccc(Br)cc2)C1. The zero-order valence-electron chi connectivity index (χ0n) is 17.2. The van der Waals surface area contributed by atoms with E-state index in [9.17, 15) is 9.59 Å². The van der Waals surface area contributed by atoms with Gasteiger partial charge in [-0.3, -0.25) is 9.59 Å². The normalized spacial score (nSPS) is 16.3. The Bertz CT molecular complexity index is 1310. The third-order valence-electron chi connectivity index (χ3n) is 5.82. The van der Waals surface area contributed by atoms with Gasteiger partial charge >= 0.3 is 0 Å². The predicted octanol–water partition coefficient (Wildman–Crippen LogP) is 5.26. The highest BCUT2D eigenvalue weighted by molar-refractivity contribution is 9.10. The Morgan fingerprint density at radius 1 is 0.969 bits per heavy atom. The van der Waals surface area contributed by atoms with Gasteiger partial charge in [0, 0.05) is 28.7 Å². The van der Waals surface area contributed by atoms with Gasteiger partial charge in [0.25, 0.3) is 0 Å². The van der Waals surface area contributed by atoms with Crippen LogP contribution in [-0.4, -0.2) is 24.6 Å². The fourth-order valence-corrected chi connectivity index (χ4v) is 4.46. The molecule has 2 amide bonds. The van der Waals surface area contributed by atoms with Gasteiger partial charge in [0.15, 0.2) is 0 Å². The van der Waals surface area contributed by atoms with E-state index < -0.39 is 5.92 Å². The summed E-state index contributed by atoms with van der Waals surface area (Å²) in [6, 6.07) is 25.9. The molecule has 1 heterocycles. The van der Waals surface area contributed by atoms with Crippen LogP contribution in [0.2, 0.25) is 0 Å². The van der Waals surface area contributed by atoms with E-state index >= 15 is 0 Å². The zero-order valence-corrected chi connectivity index (χ0v) is 18.7. The average Bonchev–Trinajstić information content (AvgIpc) is 3.20. The smallest absolute Gasteiger partial charge is 0.245 e. The molecule has 1 saturated heterocycles. The Labute approximate surface area is 193 Å². The van der Waals surface area contributed by atoms with Crippen molar-refractivity contribution in [3.63, 3.8) is 0 Å². The van der Waals surface area contributed by atoms with Gasteiger partial charge in [-0.2, -0.15) is 5.10 Å². The molecule has 5 nitrogen and oxygen atoms in total. The molecule has 0 radical (unpaired) electrons. The summed E-state index contributed by atoms with van der Waals surface area (Å²) in [4.78, 5) is 26.8. The Hall–Kier alpha value is -3.51. The van der Waals surface area contributed by atoms with Crippen molar-refractivity contribution in [3.8, 4) is 0 Å². The zero-order chi connectivity index (χ0) is 22.1. The van der Waals surface area contributed by atoms with Crippen molar-refractivity contribution in [3.05, 3.63) is 88.9 Å². The number of rotatable bonds is 4. The van der Waals surface area contributed by atoms with Gasteiger partial charge < -0.3 is 4.90 Å². The van der Waals surface area contributed by atoms with Crippen LogP contribution in [0.1, 0.15) is 12.0 Å². The van der Waals surface area contributed by atoms with Crippen LogP contribution in [0.4, 0.5) is 5.69 Å². The monoisotopic (exact) mass is 485 g/mol. The second-order valence-electron chi connectivity index (χ2n) is 7.85. The van der Waals surface area contributed by atoms with E-state index in [-0.39, 0.29) is 18.2 Å². The van der Waals surface area contributed by atoms with E-state index in [1.54, 1.807) is 11.1 Å². The lowest BCUT2D eigenvalue weighted by atomic mass is 9.97. The summed E-state index contributed by atoms with van der Waals surface area (Å²) in [5.41, 5.74) is 4.40. The fraction of sp³-hybridized carbons (Fsp3) is 0.115. The molecule has 0 unspecified atom stereocenters. The van der Waals surface area contributed by atoms with E-state index in [0.717, 1.165) is 37.3 Å². The first-order valence-corrected chi connectivity index (χ1v) is 11.2. The van der Waals surface area contributed by atoms with Crippen LogP contribution < -0.4 is 10.3 Å². The topological polar surface area (TPSA) is 61.8 Å². The van der Waals surface area contributed by atoms with Gasteiger partial charge in [0.1, 0.15) is 0 Å². The van der Waals surface area contributed by atoms with Crippen molar-refractivity contribution in [2.45, 2.75) is 6.42 Å². The van der Waals surface area contributed by atoms with Crippen molar-refractivity contribution in [2.24, 2.45) is 11.0 Å². The van der Waals surface area contributed by atoms with Gasteiger partial charge in [-0.25, -0.2) is 5.43 Å². The average molecular weight is 486 g/mol. The summed E-state index contributed by atoms with van der Waals surface area (Å²) in [6.45, 7) is 0.346. The van der Waals surface area contributed by atoms with Gasteiger partial charge in [0.05, 0.1) is 12.1 Å². The largest absolute Gasteiger partial charge is 0.312 e. The van der Waals surface area contributed by atoms with Crippen molar-refractivity contribution >= 4 is 61.2 Å². The molecular weight excluding hydrogens is 466 g/mol. The van der Waals surface area contributed by atoms with Crippen LogP contribution in [0.15, 0.2) is 88.4 Å². The molecule has 0 saturated carbocycles. The molecule has 1 atom stereocenters. The van der Waals surface area contributed by atoms with Gasteiger partial charge in [-0.05, 0) is 51.9 Å². The lowest BCUT2D eigenvalue weighted by Crippen LogP contribution is -2.30. The standard InChI is InChI=1S/C26H20BrN3O2/c27-20-9-11-21(12-10-20)30-16-19(14-25(30)31)26(32)29-28-15-24-22-7-3-1-5-17(22)13-18-6-2-4-8-23(18)24/h1-13,15,19H,14,16H2,(H,29,32)/b28-15-/t19-/m1/s1. The number of nitrogens with zero attached hydrogens (tertiary/aromatic N) is 2. The maximum Gasteiger partial charge on any atom is 0.245 e.